The van der Waals surface area contributed by atoms with Gasteiger partial charge in [0, 0.05) is 17.9 Å². The number of alkyl halides is 6. The predicted molar refractivity (Wildman–Crippen MR) is 138 cm³/mol. The topological polar surface area (TPSA) is 76.1 Å². The molecule has 4 amide bonds. The highest BCUT2D eigenvalue weighted by Gasteiger charge is 2.56. The van der Waals surface area contributed by atoms with Crippen molar-refractivity contribution in [3.8, 4) is 0 Å². The Morgan fingerprint density at radius 1 is 0.929 bits per heavy atom. The molecule has 3 aromatic rings. The van der Waals surface area contributed by atoms with Gasteiger partial charge in [0.05, 0.1) is 16.7 Å². The van der Waals surface area contributed by atoms with Gasteiger partial charge in [0.15, 0.2) is 6.17 Å². The third kappa shape index (κ3) is 6.27. The van der Waals surface area contributed by atoms with Crippen LogP contribution in [0.5, 0.6) is 0 Å². The predicted octanol–water partition coefficient (Wildman–Crippen LogP) is 7.38. The van der Waals surface area contributed by atoms with Crippen molar-refractivity contribution < 1.29 is 45.5 Å². The molecule has 224 valence electrons. The summed E-state index contributed by atoms with van der Waals surface area (Å²) in [5, 5.41) is 13.3. The molecule has 0 spiro atoms. The van der Waals surface area contributed by atoms with Crippen molar-refractivity contribution in [2.75, 3.05) is 16.8 Å². The molecule has 0 aromatic heterocycles. The summed E-state index contributed by atoms with van der Waals surface area (Å²) >= 11 is 0. The van der Waals surface area contributed by atoms with Crippen LogP contribution in [0.15, 0.2) is 72.8 Å². The second kappa shape index (κ2) is 11.2. The molecule has 0 aliphatic carbocycles. The summed E-state index contributed by atoms with van der Waals surface area (Å²) in [6.45, 7) is 2.90. The quantitative estimate of drug-likeness (QED) is 0.177. The molecule has 0 bridgehead atoms. The van der Waals surface area contributed by atoms with E-state index in [-0.39, 0.29) is 29.4 Å². The number of urea groups is 2. The molecule has 0 unspecified atom stereocenters. The van der Waals surface area contributed by atoms with Gasteiger partial charge in [-0.1, -0.05) is 24.3 Å². The Hall–Kier alpha value is -4.33. The fraction of sp³-hybridized carbons (Fsp3) is 0.286. The molecule has 0 radical (unpaired) electrons. The van der Waals surface area contributed by atoms with Gasteiger partial charge in [-0.2, -0.15) is 31.4 Å². The largest absolute Gasteiger partial charge is 0.416 e. The zero-order valence-corrected chi connectivity index (χ0v) is 22.2. The smallest absolute Gasteiger partial charge is 0.315 e. The molecule has 4 rings (SSSR count). The lowest BCUT2D eigenvalue weighted by molar-refractivity contribution is -0.138. The highest BCUT2D eigenvalue weighted by Crippen LogP contribution is 2.40. The molecule has 1 fully saturated rings. The number of halogens is 7. The number of rotatable bonds is 6. The van der Waals surface area contributed by atoms with Gasteiger partial charge in [0.2, 0.25) is 0 Å². The molecule has 1 saturated heterocycles. The SMILES string of the molecule is CC1(C)[C@@H](N(O)C(=O)Nc2cccc(C(F)(F)F)c2)N(c2cccc(C(F)(F)F)c2)C(=O)N1CCc1ccc(F)cc1. The van der Waals surface area contributed by atoms with Gasteiger partial charge in [-0.3, -0.25) is 10.1 Å². The maximum absolute atomic E-state index is 13.7. The van der Waals surface area contributed by atoms with E-state index in [0.717, 1.165) is 35.2 Å². The normalized spacial score (nSPS) is 17.0. The molecular formula is C28H25F7N4O3. The van der Waals surface area contributed by atoms with E-state index in [2.05, 4.69) is 5.32 Å². The number of hydroxylamine groups is 2. The summed E-state index contributed by atoms with van der Waals surface area (Å²) in [4.78, 5) is 28.9. The fourth-order valence-corrected chi connectivity index (χ4v) is 4.77. The first-order valence-corrected chi connectivity index (χ1v) is 12.5. The van der Waals surface area contributed by atoms with Crippen molar-refractivity contribution in [1.29, 1.82) is 0 Å². The lowest BCUT2D eigenvalue weighted by Crippen LogP contribution is -2.58. The van der Waals surface area contributed by atoms with Crippen molar-refractivity contribution in [2.45, 2.75) is 44.3 Å². The molecule has 1 aliphatic rings. The summed E-state index contributed by atoms with van der Waals surface area (Å²) < 4.78 is 93.3. The van der Waals surface area contributed by atoms with E-state index in [0.29, 0.717) is 17.7 Å². The summed E-state index contributed by atoms with van der Waals surface area (Å²) in [6.07, 6.45) is -10.9. The van der Waals surface area contributed by atoms with Crippen LogP contribution in [0.2, 0.25) is 0 Å². The molecule has 2 N–H and O–H groups in total. The Morgan fingerprint density at radius 3 is 2.10 bits per heavy atom. The van der Waals surface area contributed by atoms with Crippen molar-refractivity contribution in [3.05, 3.63) is 95.3 Å². The fourth-order valence-electron chi connectivity index (χ4n) is 4.77. The van der Waals surface area contributed by atoms with Gasteiger partial charge in [-0.15, -0.1) is 0 Å². The molecule has 14 heteroatoms. The van der Waals surface area contributed by atoms with Crippen molar-refractivity contribution in [1.82, 2.24) is 9.96 Å². The van der Waals surface area contributed by atoms with Crippen LogP contribution in [-0.4, -0.2) is 45.5 Å². The zero-order chi connectivity index (χ0) is 31.0. The maximum Gasteiger partial charge on any atom is 0.416 e. The monoisotopic (exact) mass is 598 g/mol. The number of anilines is 2. The van der Waals surface area contributed by atoms with Crippen LogP contribution in [0, 0.1) is 5.82 Å². The minimum atomic E-state index is -4.77. The van der Waals surface area contributed by atoms with E-state index in [1.807, 2.05) is 0 Å². The first-order valence-electron chi connectivity index (χ1n) is 12.5. The van der Waals surface area contributed by atoms with Crippen LogP contribution in [-0.2, 0) is 18.8 Å². The molecule has 1 atom stereocenters. The second-order valence-corrected chi connectivity index (χ2v) is 10.1. The minimum absolute atomic E-state index is 0.0352. The van der Waals surface area contributed by atoms with E-state index in [1.54, 1.807) is 0 Å². The summed E-state index contributed by atoms with van der Waals surface area (Å²) in [5.74, 6) is -0.477. The summed E-state index contributed by atoms with van der Waals surface area (Å²) in [5.41, 5.74) is -3.59. The average Bonchev–Trinajstić information content (AvgIpc) is 3.11. The molecule has 1 aliphatic heterocycles. The third-order valence-electron chi connectivity index (χ3n) is 6.88. The zero-order valence-electron chi connectivity index (χ0n) is 22.2. The van der Waals surface area contributed by atoms with E-state index in [4.69, 9.17) is 0 Å². The number of benzene rings is 3. The Labute approximate surface area is 235 Å². The lowest BCUT2D eigenvalue weighted by atomic mass is 9.99. The van der Waals surface area contributed by atoms with Crippen LogP contribution >= 0.6 is 0 Å². The van der Waals surface area contributed by atoms with Crippen LogP contribution < -0.4 is 10.2 Å². The van der Waals surface area contributed by atoms with E-state index >= 15 is 0 Å². The number of hydrogen-bond donors (Lipinski definition) is 2. The highest BCUT2D eigenvalue weighted by molar-refractivity contribution is 5.98. The van der Waals surface area contributed by atoms with Gasteiger partial charge in [-0.25, -0.2) is 14.0 Å². The number of amides is 4. The Balaban J connectivity index is 1.70. The summed E-state index contributed by atoms with van der Waals surface area (Å²) in [6, 6.07) is 10.6. The molecule has 0 saturated carbocycles. The number of carbonyl (C=O) groups excluding carboxylic acids is 2. The van der Waals surface area contributed by atoms with Gasteiger partial charge in [-0.05, 0) is 74.4 Å². The van der Waals surface area contributed by atoms with Gasteiger partial charge in [0.25, 0.3) is 0 Å². The first-order chi connectivity index (χ1) is 19.5. The van der Waals surface area contributed by atoms with Crippen molar-refractivity contribution in [3.63, 3.8) is 0 Å². The molecule has 7 nitrogen and oxygen atoms in total. The molecule has 42 heavy (non-hydrogen) atoms. The first kappa shape index (κ1) is 30.6. The average molecular weight is 599 g/mol. The molecule has 1 heterocycles. The third-order valence-corrected chi connectivity index (χ3v) is 6.88. The van der Waals surface area contributed by atoms with E-state index < -0.39 is 53.1 Å². The highest BCUT2D eigenvalue weighted by atomic mass is 19.4. The van der Waals surface area contributed by atoms with Crippen molar-refractivity contribution in [2.24, 2.45) is 0 Å². The second-order valence-electron chi connectivity index (χ2n) is 10.1. The van der Waals surface area contributed by atoms with Crippen LogP contribution in [0.1, 0.15) is 30.5 Å². The Kier molecular flexibility index (Phi) is 8.13. The Morgan fingerprint density at radius 2 is 1.50 bits per heavy atom. The van der Waals surface area contributed by atoms with Crippen LogP contribution in [0.3, 0.4) is 0 Å². The Bertz CT molecular complexity index is 1460. The molecular weight excluding hydrogens is 573 g/mol. The number of hydrogen-bond acceptors (Lipinski definition) is 3. The number of nitrogens with zero attached hydrogens (tertiary/aromatic N) is 3. The minimum Gasteiger partial charge on any atom is -0.315 e. The maximum atomic E-state index is 13.7. The van der Waals surface area contributed by atoms with E-state index in [9.17, 15) is 45.5 Å². The number of carbonyl (C=O) groups is 2. The van der Waals surface area contributed by atoms with Gasteiger partial charge < -0.3 is 10.2 Å². The van der Waals surface area contributed by atoms with Crippen LogP contribution in [0.4, 0.5) is 51.7 Å². The van der Waals surface area contributed by atoms with Crippen LogP contribution in [0.25, 0.3) is 0 Å². The standard InChI is InChI=1S/C28H25F7N4O3/c1-26(2)23(39(42)24(40)36-21-7-3-5-18(15-21)27(30,31)32)38(22-8-4-6-19(16-22)28(33,34)35)25(41)37(26)14-13-17-9-11-20(29)12-10-17/h3-12,15-16,23,42H,13-14H2,1-2H3,(H,36,40)/t23-/m1/s1. The van der Waals surface area contributed by atoms with Crippen molar-refractivity contribution >= 4 is 23.4 Å². The molecule has 3 aromatic carbocycles. The number of nitrogens with one attached hydrogen (secondary N) is 1. The van der Waals surface area contributed by atoms with E-state index in [1.165, 1.54) is 49.1 Å². The van der Waals surface area contributed by atoms with Gasteiger partial charge in [0.1, 0.15) is 5.82 Å². The lowest BCUT2D eigenvalue weighted by Gasteiger charge is -2.38. The summed E-state index contributed by atoms with van der Waals surface area (Å²) in [7, 11) is 0. The van der Waals surface area contributed by atoms with Gasteiger partial charge >= 0.3 is 24.4 Å².